The molecule has 1 saturated heterocycles. The second-order valence-electron chi connectivity index (χ2n) is 7.86. The van der Waals surface area contributed by atoms with Gasteiger partial charge < -0.3 is 29.4 Å². The molecule has 2 aromatic rings. The first-order chi connectivity index (χ1) is 15.8. The van der Waals surface area contributed by atoms with E-state index in [0.29, 0.717) is 38.7 Å². The number of rotatable bonds is 6. The van der Waals surface area contributed by atoms with Crippen molar-refractivity contribution in [3.63, 3.8) is 0 Å². The zero-order chi connectivity index (χ0) is 23.7. The number of hydrogen-bond acceptors (Lipinski definition) is 6. The largest absolute Gasteiger partial charge is 0.503 e. The number of nitrogens with zero attached hydrogens (tertiary/aromatic N) is 2. The number of benzene rings is 1. The number of nitrogens with one attached hydrogen (secondary N) is 1. The molecule has 1 aromatic heterocycles. The highest BCUT2D eigenvalue weighted by atomic mass is 19.1. The fourth-order valence-corrected chi connectivity index (χ4v) is 4.18. The number of carbonyl (C=O) groups is 2. The summed E-state index contributed by atoms with van der Waals surface area (Å²) in [5.74, 6) is -3.89. The van der Waals surface area contributed by atoms with Crippen LogP contribution in [0.3, 0.4) is 0 Å². The van der Waals surface area contributed by atoms with E-state index in [1.54, 1.807) is 0 Å². The maximum Gasteiger partial charge on any atom is 0.276 e. The molecule has 1 fully saturated rings. The SMILES string of the molecule is COCCC1C2OCCCN2C(=O)c2c(O)c(=O)c(C(=O)NCc3ccc(F)cc3F)cn21. The second-order valence-corrected chi connectivity index (χ2v) is 7.86. The van der Waals surface area contributed by atoms with Crippen LogP contribution < -0.4 is 10.7 Å². The Bertz CT molecular complexity index is 1150. The molecule has 0 bridgehead atoms. The summed E-state index contributed by atoms with van der Waals surface area (Å²) in [5, 5.41) is 13.0. The van der Waals surface area contributed by atoms with Gasteiger partial charge in [-0.3, -0.25) is 14.4 Å². The van der Waals surface area contributed by atoms with Crippen molar-refractivity contribution in [2.75, 3.05) is 26.9 Å². The molecule has 2 aliphatic heterocycles. The van der Waals surface area contributed by atoms with Gasteiger partial charge in [-0.2, -0.15) is 0 Å². The lowest BCUT2D eigenvalue weighted by atomic mass is 10.0. The van der Waals surface area contributed by atoms with E-state index in [-0.39, 0.29) is 17.8 Å². The van der Waals surface area contributed by atoms with E-state index >= 15 is 0 Å². The molecule has 33 heavy (non-hydrogen) atoms. The van der Waals surface area contributed by atoms with E-state index < -0.39 is 52.5 Å². The number of methoxy groups -OCH3 is 1. The number of amides is 2. The highest BCUT2D eigenvalue weighted by Crippen LogP contribution is 2.35. The van der Waals surface area contributed by atoms with Crippen molar-refractivity contribution in [2.24, 2.45) is 0 Å². The third-order valence-electron chi connectivity index (χ3n) is 5.82. The Morgan fingerprint density at radius 3 is 2.85 bits per heavy atom. The summed E-state index contributed by atoms with van der Waals surface area (Å²) >= 11 is 0. The van der Waals surface area contributed by atoms with Gasteiger partial charge in [-0.1, -0.05) is 6.07 Å². The lowest BCUT2D eigenvalue weighted by Gasteiger charge is -2.45. The van der Waals surface area contributed by atoms with Crippen molar-refractivity contribution < 1.29 is 33.0 Å². The van der Waals surface area contributed by atoms with Crippen molar-refractivity contribution in [3.05, 3.63) is 63.1 Å². The van der Waals surface area contributed by atoms with Crippen molar-refractivity contribution >= 4 is 11.8 Å². The van der Waals surface area contributed by atoms with Crippen LogP contribution in [-0.4, -0.2) is 59.5 Å². The van der Waals surface area contributed by atoms with Gasteiger partial charge >= 0.3 is 0 Å². The molecule has 0 saturated carbocycles. The first-order valence-corrected chi connectivity index (χ1v) is 10.4. The van der Waals surface area contributed by atoms with Gasteiger partial charge in [0.2, 0.25) is 5.43 Å². The molecule has 2 unspecified atom stereocenters. The fraction of sp³-hybridized carbons (Fsp3) is 0.409. The number of pyridine rings is 1. The van der Waals surface area contributed by atoms with Crippen LogP contribution in [0.4, 0.5) is 8.78 Å². The molecule has 2 atom stereocenters. The Morgan fingerprint density at radius 2 is 2.12 bits per heavy atom. The highest BCUT2D eigenvalue weighted by Gasteiger charge is 2.43. The standard InChI is InChI=1S/C22H23F2N3O6/c1-32-8-5-16-22-26(6-2-7-33-22)21(31)17-19(29)18(28)14(11-27(16)17)20(30)25-10-12-3-4-13(23)9-15(12)24/h3-4,9,11,16,22,29H,2,5-8,10H2,1H3,(H,25,30). The summed E-state index contributed by atoms with van der Waals surface area (Å²) in [7, 11) is 1.52. The Morgan fingerprint density at radius 1 is 1.33 bits per heavy atom. The zero-order valence-electron chi connectivity index (χ0n) is 17.8. The van der Waals surface area contributed by atoms with E-state index in [0.717, 1.165) is 6.07 Å². The topological polar surface area (TPSA) is 110 Å². The quantitative estimate of drug-likeness (QED) is 0.673. The lowest BCUT2D eigenvalue weighted by Crippen LogP contribution is -2.56. The number of aromatic hydroxyl groups is 1. The molecule has 176 valence electrons. The van der Waals surface area contributed by atoms with Crippen molar-refractivity contribution in [1.29, 1.82) is 0 Å². The van der Waals surface area contributed by atoms with E-state index in [1.807, 2.05) is 0 Å². The Kier molecular flexibility index (Phi) is 6.43. The number of carbonyl (C=O) groups excluding carboxylic acids is 2. The summed E-state index contributed by atoms with van der Waals surface area (Å²) in [6, 6.07) is 2.40. The number of halogens is 2. The summed E-state index contributed by atoms with van der Waals surface area (Å²) in [6.45, 7) is 0.852. The van der Waals surface area contributed by atoms with Gasteiger partial charge in [0.05, 0.1) is 12.6 Å². The van der Waals surface area contributed by atoms with Crippen LogP contribution in [-0.2, 0) is 16.0 Å². The number of aromatic nitrogens is 1. The van der Waals surface area contributed by atoms with Gasteiger partial charge in [0.25, 0.3) is 11.8 Å². The van der Waals surface area contributed by atoms with Crippen LogP contribution in [0.5, 0.6) is 5.75 Å². The number of ether oxygens (including phenoxy) is 2. The lowest BCUT2D eigenvalue weighted by molar-refractivity contribution is -0.115. The Balaban J connectivity index is 1.69. The van der Waals surface area contributed by atoms with Crippen LogP contribution in [0.2, 0.25) is 0 Å². The second kappa shape index (κ2) is 9.28. The monoisotopic (exact) mass is 463 g/mol. The summed E-state index contributed by atoms with van der Waals surface area (Å²) in [6.07, 6.45) is 1.58. The minimum absolute atomic E-state index is 0.0198. The summed E-state index contributed by atoms with van der Waals surface area (Å²) in [5.41, 5.74) is -1.64. The minimum atomic E-state index is -1.02. The van der Waals surface area contributed by atoms with Crippen LogP contribution in [0.15, 0.2) is 29.2 Å². The third kappa shape index (κ3) is 4.21. The predicted octanol–water partition coefficient (Wildman–Crippen LogP) is 1.54. The molecule has 1 aromatic carbocycles. The number of hydrogen-bond donors (Lipinski definition) is 2. The summed E-state index contributed by atoms with van der Waals surface area (Å²) in [4.78, 5) is 40.0. The normalized spacial score (nSPS) is 19.7. The minimum Gasteiger partial charge on any atom is -0.503 e. The van der Waals surface area contributed by atoms with E-state index in [4.69, 9.17) is 9.47 Å². The first-order valence-electron chi connectivity index (χ1n) is 10.4. The van der Waals surface area contributed by atoms with Gasteiger partial charge in [0.15, 0.2) is 17.7 Å². The van der Waals surface area contributed by atoms with E-state index in [2.05, 4.69) is 5.32 Å². The van der Waals surface area contributed by atoms with Gasteiger partial charge in [0.1, 0.15) is 17.2 Å². The van der Waals surface area contributed by atoms with Gasteiger partial charge in [0, 0.05) is 44.6 Å². The molecule has 2 amide bonds. The molecule has 9 nitrogen and oxygen atoms in total. The van der Waals surface area contributed by atoms with Crippen LogP contribution in [0.1, 0.15) is 45.3 Å². The zero-order valence-corrected chi connectivity index (χ0v) is 17.8. The van der Waals surface area contributed by atoms with Crippen LogP contribution in [0.25, 0.3) is 0 Å². The van der Waals surface area contributed by atoms with E-state index in [1.165, 1.54) is 28.8 Å². The molecule has 4 rings (SSSR count). The Hall–Kier alpha value is -3.31. The molecule has 3 heterocycles. The predicted molar refractivity (Wildman–Crippen MR) is 111 cm³/mol. The Labute approximate surface area is 187 Å². The highest BCUT2D eigenvalue weighted by molar-refractivity contribution is 5.99. The molecule has 2 N–H and O–H groups in total. The number of fused-ring (bicyclic) bond motifs is 2. The molecule has 0 radical (unpaired) electrons. The molecular weight excluding hydrogens is 440 g/mol. The molecule has 0 spiro atoms. The maximum atomic E-state index is 13.9. The third-order valence-corrected chi connectivity index (χ3v) is 5.82. The molecule has 2 aliphatic rings. The van der Waals surface area contributed by atoms with Gasteiger partial charge in [-0.05, 0) is 18.9 Å². The molecule has 0 aliphatic carbocycles. The van der Waals surface area contributed by atoms with Gasteiger partial charge in [-0.15, -0.1) is 0 Å². The van der Waals surface area contributed by atoms with Crippen LogP contribution >= 0.6 is 0 Å². The maximum absolute atomic E-state index is 13.9. The fourth-order valence-electron chi connectivity index (χ4n) is 4.18. The van der Waals surface area contributed by atoms with Crippen LogP contribution in [0, 0.1) is 11.6 Å². The smallest absolute Gasteiger partial charge is 0.276 e. The van der Waals surface area contributed by atoms with E-state index in [9.17, 15) is 28.3 Å². The van der Waals surface area contributed by atoms with Gasteiger partial charge in [-0.25, -0.2) is 8.78 Å². The van der Waals surface area contributed by atoms with Crippen molar-refractivity contribution in [3.8, 4) is 5.75 Å². The van der Waals surface area contributed by atoms with Crippen molar-refractivity contribution in [1.82, 2.24) is 14.8 Å². The van der Waals surface area contributed by atoms with Crippen molar-refractivity contribution in [2.45, 2.75) is 31.7 Å². The molecule has 11 heteroatoms. The first kappa shape index (κ1) is 22.9. The average Bonchev–Trinajstić information content (AvgIpc) is 2.80. The summed E-state index contributed by atoms with van der Waals surface area (Å²) < 4.78 is 39.3. The molecular formula is C22H23F2N3O6. The average molecular weight is 463 g/mol.